The van der Waals surface area contributed by atoms with Crippen molar-refractivity contribution in [3.63, 3.8) is 0 Å². The van der Waals surface area contributed by atoms with Gasteiger partial charge in [-0.05, 0) is 44.9 Å². The number of amides is 1. The molecule has 1 amide bonds. The van der Waals surface area contributed by atoms with Crippen LogP contribution in [0.5, 0.6) is 0 Å². The zero-order chi connectivity index (χ0) is 18.8. The fourth-order valence-corrected chi connectivity index (χ4v) is 3.54. The third-order valence-electron chi connectivity index (χ3n) is 5.07. The number of carbonyl (C=O) groups is 1. The molecule has 0 radical (unpaired) electrons. The van der Waals surface area contributed by atoms with Gasteiger partial charge in [-0.15, -0.1) is 0 Å². The summed E-state index contributed by atoms with van der Waals surface area (Å²) >= 11 is 0. The van der Waals surface area contributed by atoms with Crippen molar-refractivity contribution in [1.82, 2.24) is 15.0 Å². The number of hydrogen-bond donors (Lipinski definition) is 0. The molecule has 138 valence electrons. The number of likely N-dealkylation sites (tertiary alicyclic amines) is 1. The van der Waals surface area contributed by atoms with Crippen LogP contribution < -0.4 is 0 Å². The summed E-state index contributed by atoms with van der Waals surface area (Å²) in [5, 5.41) is 4.15. The lowest BCUT2D eigenvalue weighted by atomic mass is 9.97. The summed E-state index contributed by atoms with van der Waals surface area (Å²) in [4.78, 5) is 19.3. The summed E-state index contributed by atoms with van der Waals surface area (Å²) in [6, 6.07) is 15.8. The Morgan fingerprint density at radius 1 is 1.11 bits per heavy atom. The molecule has 3 aromatic rings. The molecule has 1 aliphatic rings. The molecule has 2 aromatic carbocycles. The first-order valence-electron chi connectivity index (χ1n) is 9.37. The molecular formula is C22H23N3O2. The average Bonchev–Trinajstić information content (AvgIpc) is 3.18. The van der Waals surface area contributed by atoms with E-state index in [-0.39, 0.29) is 11.8 Å². The standard InChI is InChI=1S/C22H23N3O2/c1-15-8-10-17(11-9-15)22(26)25-12-4-7-19(14-25)21-23-20(24-27-21)18-6-3-5-16(2)13-18/h3,5-6,8-11,13,19H,4,7,12,14H2,1-2H3/t19-/m0/s1. The van der Waals surface area contributed by atoms with Gasteiger partial charge in [-0.3, -0.25) is 4.79 Å². The van der Waals surface area contributed by atoms with E-state index >= 15 is 0 Å². The maximum absolute atomic E-state index is 12.8. The quantitative estimate of drug-likeness (QED) is 0.695. The van der Waals surface area contributed by atoms with Crippen LogP contribution in [0.25, 0.3) is 11.4 Å². The van der Waals surface area contributed by atoms with Crippen LogP contribution in [0.3, 0.4) is 0 Å². The third-order valence-corrected chi connectivity index (χ3v) is 5.07. The molecule has 27 heavy (non-hydrogen) atoms. The highest BCUT2D eigenvalue weighted by molar-refractivity contribution is 5.94. The lowest BCUT2D eigenvalue weighted by molar-refractivity contribution is 0.0695. The Kier molecular flexibility index (Phi) is 4.75. The van der Waals surface area contributed by atoms with Crippen molar-refractivity contribution in [2.24, 2.45) is 0 Å². The first-order chi connectivity index (χ1) is 13.1. The summed E-state index contributed by atoms with van der Waals surface area (Å²) in [6.07, 6.45) is 1.89. The van der Waals surface area contributed by atoms with Gasteiger partial charge < -0.3 is 9.42 Å². The molecule has 1 atom stereocenters. The van der Waals surface area contributed by atoms with Gasteiger partial charge in [-0.25, -0.2) is 0 Å². The van der Waals surface area contributed by atoms with E-state index in [1.165, 1.54) is 0 Å². The predicted molar refractivity (Wildman–Crippen MR) is 104 cm³/mol. The third kappa shape index (κ3) is 3.77. The highest BCUT2D eigenvalue weighted by Crippen LogP contribution is 2.28. The zero-order valence-electron chi connectivity index (χ0n) is 15.7. The van der Waals surface area contributed by atoms with Gasteiger partial charge in [0.1, 0.15) is 0 Å². The monoisotopic (exact) mass is 361 g/mol. The Morgan fingerprint density at radius 3 is 2.70 bits per heavy atom. The highest BCUT2D eigenvalue weighted by atomic mass is 16.5. The normalized spacial score (nSPS) is 17.1. The molecule has 2 heterocycles. The maximum atomic E-state index is 12.8. The van der Waals surface area contributed by atoms with Gasteiger partial charge in [0, 0.05) is 24.2 Å². The average molecular weight is 361 g/mol. The second-order valence-corrected chi connectivity index (χ2v) is 7.28. The maximum Gasteiger partial charge on any atom is 0.253 e. The van der Waals surface area contributed by atoms with E-state index in [1.54, 1.807) is 0 Å². The van der Waals surface area contributed by atoms with Crippen molar-refractivity contribution < 1.29 is 9.32 Å². The minimum atomic E-state index is 0.0677. The fraction of sp³-hybridized carbons (Fsp3) is 0.318. The SMILES string of the molecule is Cc1ccc(C(=O)N2CCC[C@H](c3nc(-c4cccc(C)c4)no3)C2)cc1. The van der Waals surface area contributed by atoms with Crippen molar-refractivity contribution in [2.45, 2.75) is 32.6 Å². The molecule has 1 saturated heterocycles. The Bertz CT molecular complexity index is 946. The second-order valence-electron chi connectivity index (χ2n) is 7.28. The second kappa shape index (κ2) is 7.35. The predicted octanol–water partition coefficient (Wildman–Crippen LogP) is 4.37. The number of hydrogen-bond acceptors (Lipinski definition) is 4. The molecule has 1 aliphatic heterocycles. The molecule has 4 rings (SSSR count). The summed E-state index contributed by atoms with van der Waals surface area (Å²) in [7, 11) is 0. The van der Waals surface area contributed by atoms with Crippen LogP contribution in [-0.2, 0) is 0 Å². The van der Waals surface area contributed by atoms with Gasteiger partial charge >= 0.3 is 0 Å². The lowest BCUT2D eigenvalue weighted by Crippen LogP contribution is -2.39. The van der Waals surface area contributed by atoms with Crippen LogP contribution in [-0.4, -0.2) is 34.0 Å². The van der Waals surface area contributed by atoms with Gasteiger partial charge in [-0.1, -0.05) is 46.6 Å². The van der Waals surface area contributed by atoms with E-state index in [1.807, 2.05) is 67.3 Å². The first-order valence-corrected chi connectivity index (χ1v) is 9.37. The van der Waals surface area contributed by atoms with E-state index in [9.17, 15) is 4.79 Å². The van der Waals surface area contributed by atoms with Gasteiger partial charge in [0.2, 0.25) is 11.7 Å². The number of carbonyl (C=O) groups excluding carboxylic acids is 1. The van der Waals surface area contributed by atoms with Crippen molar-refractivity contribution >= 4 is 5.91 Å². The molecule has 5 heteroatoms. The largest absolute Gasteiger partial charge is 0.339 e. The van der Waals surface area contributed by atoms with Crippen molar-refractivity contribution in [1.29, 1.82) is 0 Å². The molecule has 1 aromatic heterocycles. The van der Waals surface area contributed by atoms with Crippen LogP contribution >= 0.6 is 0 Å². The molecule has 1 fully saturated rings. The van der Waals surface area contributed by atoms with Crippen molar-refractivity contribution in [3.05, 3.63) is 71.1 Å². The summed E-state index contributed by atoms with van der Waals surface area (Å²) in [6.45, 7) is 5.44. The van der Waals surface area contributed by atoms with E-state index in [0.717, 1.165) is 41.6 Å². The van der Waals surface area contributed by atoms with Crippen molar-refractivity contribution in [2.75, 3.05) is 13.1 Å². The highest BCUT2D eigenvalue weighted by Gasteiger charge is 2.29. The Balaban J connectivity index is 1.50. The number of piperidine rings is 1. The smallest absolute Gasteiger partial charge is 0.253 e. The summed E-state index contributed by atoms with van der Waals surface area (Å²) < 4.78 is 5.55. The molecule has 0 aliphatic carbocycles. The van der Waals surface area contributed by atoms with E-state index < -0.39 is 0 Å². The Morgan fingerprint density at radius 2 is 1.93 bits per heavy atom. The van der Waals surface area contributed by atoms with Crippen LogP contribution in [0.2, 0.25) is 0 Å². The number of nitrogens with zero attached hydrogens (tertiary/aromatic N) is 3. The Labute approximate surface area is 159 Å². The van der Waals surface area contributed by atoms with Crippen LogP contribution in [0.15, 0.2) is 53.1 Å². The number of aromatic nitrogens is 2. The van der Waals surface area contributed by atoms with E-state index in [0.29, 0.717) is 18.3 Å². The molecule has 5 nitrogen and oxygen atoms in total. The molecular weight excluding hydrogens is 338 g/mol. The van der Waals surface area contributed by atoms with E-state index in [2.05, 4.69) is 10.1 Å². The van der Waals surface area contributed by atoms with Gasteiger partial charge in [-0.2, -0.15) is 4.98 Å². The molecule has 0 saturated carbocycles. The van der Waals surface area contributed by atoms with Crippen molar-refractivity contribution in [3.8, 4) is 11.4 Å². The molecule has 0 spiro atoms. The topological polar surface area (TPSA) is 59.2 Å². The molecule has 0 unspecified atom stereocenters. The molecule has 0 N–H and O–H groups in total. The van der Waals surface area contributed by atoms with Crippen LogP contribution in [0.1, 0.15) is 46.1 Å². The van der Waals surface area contributed by atoms with Gasteiger partial charge in [0.05, 0.1) is 5.92 Å². The van der Waals surface area contributed by atoms with Crippen LogP contribution in [0.4, 0.5) is 0 Å². The number of aryl methyl sites for hydroxylation is 2. The van der Waals surface area contributed by atoms with E-state index in [4.69, 9.17) is 4.52 Å². The zero-order valence-corrected chi connectivity index (χ0v) is 15.7. The number of benzene rings is 2. The lowest BCUT2D eigenvalue weighted by Gasteiger charge is -2.31. The summed E-state index contributed by atoms with van der Waals surface area (Å²) in [5.74, 6) is 1.38. The first kappa shape index (κ1) is 17.5. The number of rotatable bonds is 3. The minimum absolute atomic E-state index is 0.0677. The fourth-order valence-electron chi connectivity index (χ4n) is 3.54. The molecule has 0 bridgehead atoms. The Hall–Kier alpha value is -2.95. The van der Waals surface area contributed by atoms with Crippen LogP contribution in [0, 0.1) is 13.8 Å². The van der Waals surface area contributed by atoms with Gasteiger partial charge in [0.25, 0.3) is 5.91 Å². The minimum Gasteiger partial charge on any atom is -0.339 e. The summed E-state index contributed by atoms with van der Waals surface area (Å²) in [5.41, 5.74) is 3.99. The van der Waals surface area contributed by atoms with Gasteiger partial charge in [0.15, 0.2) is 0 Å².